The molecule has 3 rings (SSSR count). The molecule has 1 fully saturated rings. The maximum Gasteiger partial charge on any atom is 0.227 e. The number of nitrogens with zero attached hydrogens (tertiary/aromatic N) is 2. The van der Waals surface area contributed by atoms with Gasteiger partial charge in [0.25, 0.3) is 0 Å². The van der Waals surface area contributed by atoms with Crippen LogP contribution >= 0.6 is 0 Å². The van der Waals surface area contributed by atoms with Gasteiger partial charge in [0, 0.05) is 31.7 Å². The predicted molar refractivity (Wildman–Crippen MR) is 109 cm³/mol. The van der Waals surface area contributed by atoms with E-state index < -0.39 is 5.54 Å². The van der Waals surface area contributed by atoms with E-state index in [9.17, 15) is 9.59 Å². The largest absolute Gasteiger partial charge is 0.303 e. The van der Waals surface area contributed by atoms with E-state index in [-0.39, 0.29) is 5.91 Å². The third-order valence-corrected chi connectivity index (χ3v) is 5.51. The molecule has 0 atom stereocenters. The van der Waals surface area contributed by atoms with Gasteiger partial charge in [-0.3, -0.25) is 9.69 Å². The number of rotatable bonds is 7. The Labute approximate surface area is 161 Å². The molecule has 2 aromatic rings. The Bertz CT molecular complexity index is 737. The molecule has 0 unspecified atom stereocenters. The van der Waals surface area contributed by atoms with E-state index in [2.05, 4.69) is 29.2 Å². The fourth-order valence-electron chi connectivity index (χ4n) is 3.87. The highest BCUT2D eigenvalue weighted by molar-refractivity contribution is 5.99. The average Bonchev–Trinajstić information content (AvgIpc) is 2.74. The molecule has 1 heterocycles. The van der Waals surface area contributed by atoms with Crippen LogP contribution in [0.4, 0.5) is 5.69 Å². The monoisotopic (exact) mass is 364 g/mol. The highest BCUT2D eigenvalue weighted by atomic mass is 16.2. The number of piperidine rings is 1. The molecule has 0 spiro atoms. The fraction of sp³-hybridized carbons (Fsp3) is 0.391. The molecule has 1 aliphatic rings. The number of hydrogen-bond acceptors (Lipinski definition) is 3. The third kappa shape index (κ3) is 4.45. The number of benzene rings is 2. The lowest BCUT2D eigenvalue weighted by Gasteiger charge is -2.45. The average molecular weight is 364 g/mol. The molecule has 4 nitrogen and oxygen atoms in total. The molecule has 4 heteroatoms. The van der Waals surface area contributed by atoms with Crippen LogP contribution in [0.5, 0.6) is 0 Å². The minimum atomic E-state index is -0.738. The standard InChI is InChI=1S/C23H28N2O2/c1-2-22(27)25(21-11-7-4-8-12-21)23(19-26)14-17-24(18-15-23)16-13-20-9-5-3-6-10-20/h3-12,19H,2,13-18H2,1H3. The van der Waals surface area contributed by atoms with Crippen molar-refractivity contribution in [2.75, 3.05) is 24.5 Å². The maximum absolute atomic E-state index is 12.7. The molecular formula is C23H28N2O2. The van der Waals surface area contributed by atoms with Crippen LogP contribution in [0.25, 0.3) is 0 Å². The van der Waals surface area contributed by atoms with E-state index in [1.807, 2.05) is 43.3 Å². The molecule has 1 amide bonds. The molecule has 0 N–H and O–H groups in total. The molecule has 27 heavy (non-hydrogen) atoms. The maximum atomic E-state index is 12.7. The summed E-state index contributed by atoms with van der Waals surface area (Å²) in [6, 6.07) is 20.1. The Kier molecular flexibility index (Phi) is 6.40. The second-order valence-corrected chi connectivity index (χ2v) is 7.22. The van der Waals surface area contributed by atoms with Gasteiger partial charge < -0.3 is 9.69 Å². The van der Waals surface area contributed by atoms with Crippen molar-refractivity contribution in [3.63, 3.8) is 0 Å². The van der Waals surface area contributed by atoms with Crippen LogP contribution in [-0.4, -0.2) is 42.3 Å². The van der Waals surface area contributed by atoms with Gasteiger partial charge in [0.15, 0.2) is 0 Å². The van der Waals surface area contributed by atoms with Crippen molar-refractivity contribution in [3.05, 3.63) is 66.2 Å². The summed E-state index contributed by atoms with van der Waals surface area (Å²) in [5, 5.41) is 0. The van der Waals surface area contributed by atoms with Gasteiger partial charge in [-0.05, 0) is 37.0 Å². The fourth-order valence-corrected chi connectivity index (χ4v) is 3.87. The van der Waals surface area contributed by atoms with Gasteiger partial charge in [0.05, 0.1) is 0 Å². The molecule has 0 radical (unpaired) electrons. The van der Waals surface area contributed by atoms with Gasteiger partial charge in [-0.25, -0.2) is 0 Å². The third-order valence-electron chi connectivity index (χ3n) is 5.51. The summed E-state index contributed by atoms with van der Waals surface area (Å²) in [5.74, 6) is 0.00559. The summed E-state index contributed by atoms with van der Waals surface area (Å²) in [6.07, 6.45) is 3.74. The van der Waals surface area contributed by atoms with Crippen molar-refractivity contribution in [2.24, 2.45) is 0 Å². The van der Waals surface area contributed by atoms with Crippen molar-refractivity contribution < 1.29 is 9.59 Å². The quantitative estimate of drug-likeness (QED) is 0.703. The van der Waals surface area contributed by atoms with Crippen LogP contribution in [0.15, 0.2) is 60.7 Å². The van der Waals surface area contributed by atoms with Crippen LogP contribution in [0.3, 0.4) is 0 Å². The molecule has 0 aromatic heterocycles. The number of para-hydroxylation sites is 1. The van der Waals surface area contributed by atoms with Gasteiger partial charge in [-0.15, -0.1) is 0 Å². The highest BCUT2D eigenvalue weighted by Gasteiger charge is 2.42. The van der Waals surface area contributed by atoms with E-state index in [4.69, 9.17) is 0 Å². The summed E-state index contributed by atoms with van der Waals surface area (Å²) in [5.41, 5.74) is 1.41. The zero-order valence-electron chi connectivity index (χ0n) is 16.0. The van der Waals surface area contributed by atoms with Crippen molar-refractivity contribution in [1.82, 2.24) is 4.90 Å². The highest BCUT2D eigenvalue weighted by Crippen LogP contribution is 2.32. The zero-order valence-corrected chi connectivity index (χ0v) is 16.0. The number of aldehydes is 1. The Morgan fingerprint density at radius 3 is 2.19 bits per heavy atom. The van der Waals surface area contributed by atoms with Crippen molar-refractivity contribution in [1.29, 1.82) is 0 Å². The second kappa shape index (κ2) is 8.96. The lowest BCUT2D eigenvalue weighted by molar-refractivity contribution is -0.124. The number of carbonyl (C=O) groups is 2. The zero-order chi connectivity index (χ0) is 19.1. The molecule has 0 bridgehead atoms. The van der Waals surface area contributed by atoms with Crippen LogP contribution in [0, 0.1) is 0 Å². The minimum absolute atomic E-state index is 0.00559. The molecular weight excluding hydrogens is 336 g/mol. The molecule has 1 saturated heterocycles. The first kappa shape index (κ1) is 19.3. The van der Waals surface area contributed by atoms with Gasteiger partial charge in [-0.1, -0.05) is 55.5 Å². The van der Waals surface area contributed by atoms with Gasteiger partial charge in [0.1, 0.15) is 11.8 Å². The van der Waals surface area contributed by atoms with Gasteiger partial charge in [0.2, 0.25) is 5.91 Å². The van der Waals surface area contributed by atoms with Crippen molar-refractivity contribution >= 4 is 17.9 Å². The van der Waals surface area contributed by atoms with Gasteiger partial charge >= 0.3 is 0 Å². The van der Waals surface area contributed by atoms with E-state index in [0.717, 1.165) is 38.0 Å². The number of carbonyl (C=O) groups excluding carboxylic acids is 2. The Balaban J connectivity index is 1.70. The number of anilines is 1. The summed E-state index contributed by atoms with van der Waals surface area (Å²) in [7, 11) is 0. The molecule has 0 aliphatic carbocycles. The molecule has 2 aromatic carbocycles. The van der Waals surface area contributed by atoms with Crippen LogP contribution in [-0.2, 0) is 16.0 Å². The summed E-state index contributed by atoms with van der Waals surface area (Å²) < 4.78 is 0. The van der Waals surface area contributed by atoms with Gasteiger partial charge in [-0.2, -0.15) is 0 Å². The topological polar surface area (TPSA) is 40.6 Å². The molecule has 142 valence electrons. The van der Waals surface area contributed by atoms with Crippen LogP contribution < -0.4 is 4.90 Å². The first-order chi connectivity index (χ1) is 13.2. The van der Waals surface area contributed by atoms with E-state index >= 15 is 0 Å². The van der Waals surface area contributed by atoms with Crippen LogP contribution in [0.1, 0.15) is 31.7 Å². The SMILES string of the molecule is CCC(=O)N(c1ccccc1)C1(C=O)CCN(CCc2ccccc2)CC1. The summed E-state index contributed by atoms with van der Waals surface area (Å²) in [6.45, 7) is 4.48. The second-order valence-electron chi connectivity index (χ2n) is 7.22. The van der Waals surface area contributed by atoms with Crippen LogP contribution in [0.2, 0.25) is 0 Å². The lowest BCUT2D eigenvalue weighted by Crippen LogP contribution is -2.59. The smallest absolute Gasteiger partial charge is 0.227 e. The summed E-state index contributed by atoms with van der Waals surface area (Å²) in [4.78, 5) is 29.1. The Hall–Kier alpha value is -2.46. The van der Waals surface area contributed by atoms with Crippen molar-refractivity contribution in [3.8, 4) is 0 Å². The van der Waals surface area contributed by atoms with E-state index in [1.54, 1.807) is 4.90 Å². The minimum Gasteiger partial charge on any atom is -0.303 e. The normalized spacial score (nSPS) is 16.6. The van der Waals surface area contributed by atoms with E-state index in [1.165, 1.54) is 5.56 Å². The molecule has 1 aliphatic heterocycles. The number of hydrogen-bond donors (Lipinski definition) is 0. The summed E-state index contributed by atoms with van der Waals surface area (Å²) >= 11 is 0. The Morgan fingerprint density at radius 2 is 1.63 bits per heavy atom. The van der Waals surface area contributed by atoms with E-state index in [0.29, 0.717) is 19.3 Å². The molecule has 0 saturated carbocycles. The van der Waals surface area contributed by atoms with Crippen molar-refractivity contribution in [2.45, 2.75) is 38.1 Å². The first-order valence-corrected chi connectivity index (χ1v) is 9.79. The number of amides is 1. The predicted octanol–water partition coefficient (Wildman–Crippen LogP) is 3.71. The Morgan fingerprint density at radius 1 is 1.04 bits per heavy atom. The number of likely N-dealkylation sites (tertiary alicyclic amines) is 1. The lowest BCUT2D eigenvalue weighted by atomic mass is 9.86. The first-order valence-electron chi connectivity index (χ1n) is 9.79.